The van der Waals surface area contributed by atoms with Crippen LogP contribution in [0.25, 0.3) is 0 Å². The van der Waals surface area contributed by atoms with E-state index < -0.39 is 0 Å². The van der Waals surface area contributed by atoms with Crippen molar-refractivity contribution < 1.29 is 4.79 Å². The predicted molar refractivity (Wildman–Crippen MR) is 46.8 cm³/mol. The Bertz CT molecular complexity index is 193. The van der Waals surface area contributed by atoms with Gasteiger partial charge in [0.1, 0.15) is 5.78 Å². The second kappa shape index (κ2) is 3.15. The Morgan fingerprint density at radius 1 is 1.42 bits per heavy atom. The molecule has 1 aliphatic heterocycles. The molecule has 2 aliphatic rings. The summed E-state index contributed by atoms with van der Waals surface area (Å²) in [6, 6.07) is 0.867. The van der Waals surface area contributed by atoms with Gasteiger partial charge in [-0.15, -0.1) is 0 Å². The van der Waals surface area contributed by atoms with E-state index >= 15 is 0 Å². The van der Waals surface area contributed by atoms with E-state index in [2.05, 4.69) is 4.90 Å². The first-order chi connectivity index (χ1) is 5.75. The fourth-order valence-electron chi connectivity index (χ4n) is 2.25. The summed E-state index contributed by atoms with van der Waals surface area (Å²) < 4.78 is 0. The van der Waals surface area contributed by atoms with Crippen LogP contribution in [0.15, 0.2) is 0 Å². The monoisotopic (exact) mass is 168 g/mol. The molecule has 0 bridgehead atoms. The maximum Gasteiger partial charge on any atom is 0.134 e. The molecule has 2 fully saturated rings. The van der Waals surface area contributed by atoms with Crippen LogP contribution in [0.5, 0.6) is 0 Å². The van der Waals surface area contributed by atoms with Crippen molar-refractivity contribution in [2.24, 2.45) is 5.73 Å². The zero-order chi connectivity index (χ0) is 8.55. The SMILES string of the molecule is NC1CCN(C2CCC(=O)C2)C1. The smallest absolute Gasteiger partial charge is 0.134 e. The van der Waals surface area contributed by atoms with Gasteiger partial charge in [-0.25, -0.2) is 0 Å². The van der Waals surface area contributed by atoms with Crippen molar-refractivity contribution in [2.75, 3.05) is 13.1 Å². The van der Waals surface area contributed by atoms with Gasteiger partial charge < -0.3 is 5.73 Å². The summed E-state index contributed by atoms with van der Waals surface area (Å²) in [5.74, 6) is 0.431. The second-order valence-corrected chi connectivity index (χ2v) is 3.98. The molecule has 0 spiro atoms. The highest BCUT2D eigenvalue weighted by atomic mass is 16.1. The lowest BCUT2D eigenvalue weighted by atomic mass is 10.2. The minimum absolute atomic E-state index is 0.348. The highest BCUT2D eigenvalue weighted by Gasteiger charge is 2.31. The van der Waals surface area contributed by atoms with Crippen molar-refractivity contribution in [3.8, 4) is 0 Å². The van der Waals surface area contributed by atoms with Gasteiger partial charge in [0.05, 0.1) is 0 Å². The maximum atomic E-state index is 11.0. The zero-order valence-corrected chi connectivity index (χ0v) is 7.33. The Morgan fingerprint density at radius 3 is 2.75 bits per heavy atom. The van der Waals surface area contributed by atoms with E-state index in [0.717, 1.165) is 38.8 Å². The molecule has 2 N–H and O–H groups in total. The summed E-state index contributed by atoms with van der Waals surface area (Å²) in [6.45, 7) is 2.09. The molecule has 0 amide bonds. The van der Waals surface area contributed by atoms with Crippen LogP contribution in [0.3, 0.4) is 0 Å². The summed E-state index contributed by atoms with van der Waals surface area (Å²) in [5, 5.41) is 0. The summed E-state index contributed by atoms with van der Waals surface area (Å²) in [5.41, 5.74) is 5.80. The summed E-state index contributed by atoms with van der Waals surface area (Å²) in [6.07, 6.45) is 3.72. The highest BCUT2D eigenvalue weighted by molar-refractivity contribution is 5.81. The first kappa shape index (κ1) is 8.20. The first-order valence-electron chi connectivity index (χ1n) is 4.77. The molecule has 2 atom stereocenters. The molecular weight excluding hydrogens is 152 g/mol. The molecule has 0 aromatic carbocycles. The van der Waals surface area contributed by atoms with E-state index in [-0.39, 0.29) is 0 Å². The number of nitrogens with two attached hydrogens (primary N) is 1. The van der Waals surface area contributed by atoms with Crippen LogP contribution in [0.1, 0.15) is 25.7 Å². The molecule has 68 valence electrons. The van der Waals surface area contributed by atoms with Crippen molar-refractivity contribution >= 4 is 5.78 Å². The van der Waals surface area contributed by atoms with Crippen LogP contribution >= 0.6 is 0 Å². The Kier molecular flexibility index (Phi) is 2.15. The molecule has 1 saturated heterocycles. The quantitative estimate of drug-likeness (QED) is 0.606. The van der Waals surface area contributed by atoms with Crippen LogP contribution in [-0.4, -0.2) is 35.9 Å². The van der Waals surface area contributed by atoms with Gasteiger partial charge in [-0.2, -0.15) is 0 Å². The van der Waals surface area contributed by atoms with Gasteiger partial charge in [-0.1, -0.05) is 0 Å². The molecule has 3 heteroatoms. The largest absolute Gasteiger partial charge is 0.326 e. The number of likely N-dealkylation sites (tertiary alicyclic amines) is 1. The number of hydrogen-bond donors (Lipinski definition) is 1. The van der Waals surface area contributed by atoms with E-state index in [1.807, 2.05) is 0 Å². The molecular formula is C9H16N2O. The number of Topliss-reactive ketones (excluding diaryl/α,β-unsaturated/α-hetero) is 1. The number of nitrogens with zero attached hydrogens (tertiary/aromatic N) is 1. The topological polar surface area (TPSA) is 46.3 Å². The van der Waals surface area contributed by atoms with Gasteiger partial charge in [-0.05, 0) is 12.8 Å². The van der Waals surface area contributed by atoms with Gasteiger partial charge in [0.2, 0.25) is 0 Å². The fraction of sp³-hybridized carbons (Fsp3) is 0.889. The van der Waals surface area contributed by atoms with Gasteiger partial charge in [-0.3, -0.25) is 9.69 Å². The van der Waals surface area contributed by atoms with E-state index in [1.165, 1.54) is 0 Å². The van der Waals surface area contributed by atoms with Crippen molar-refractivity contribution in [3.63, 3.8) is 0 Å². The van der Waals surface area contributed by atoms with Gasteiger partial charge >= 0.3 is 0 Å². The molecule has 12 heavy (non-hydrogen) atoms. The van der Waals surface area contributed by atoms with Crippen LogP contribution < -0.4 is 5.73 Å². The van der Waals surface area contributed by atoms with E-state index in [0.29, 0.717) is 17.9 Å². The lowest BCUT2D eigenvalue weighted by Gasteiger charge is -2.22. The normalized spacial score (nSPS) is 37.9. The third kappa shape index (κ3) is 1.52. The number of ketones is 1. The van der Waals surface area contributed by atoms with Crippen molar-refractivity contribution in [1.82, 2.24) is 4.90 Å². The van der Waals surface area contributed by atoms with E-state index in [9.17, 15) is 4.79 Å². The van der Waals surface area contributed by atoms with Gasteiger partial charge in [0.25, 0.3) is 0 Å². The van der Waals surface area contributed by atoms with Crippen LogP contribution in [-0.2, 0) is 4.79 Å². The Hall–Kier alpha value is -0.410. The molecule has 0 radical (unpaired) electrons. The number of rotatable bonds is 1. The lowest BCUT2D eigenvalue weighted by molar-refractivity contribution is -0.117. The van der Waals surface area contributed by atoms with Crippen molar-refractivity contribution in [2.45, 2.75) is 37.8 Å². The van der Waals surface area contributed by atoms with E-state index in [1.54, 1.807) is 0 Å². The molecule has 3 nitrogen and oxygen atoms in total. The van der Waals surface area contributed by atoms with Crippen LogP contribution in [0.4, 0.5) is 0 Å². The molecule has 2 unspecified atom stereocenters. The summed E-state index contributed by atoms with van der Waals surface area (Å²) in [4.78, 5) is 13.4. The minimum Gasteiger partial charge on any atom is -0.326 e. The van der Waals surface area contributed by atoms with Gasteiger partial charge in [0.15, 0.2) is 0 Å². The number of hydrogen-bond acceptors (Lipinski definition) is 3. The lowest BCUT2D eigenvalue weighted by Crippen LogP contribution is -2.34. The zero-order valence-electron chi connectivity index (χ0n) is 7.33. The van der Waals surface area contributed by atoms with Crippen LogP contribution in [0, 0.1) is 0 Å². The van der Waals surface area contributed by atoms with Gasteiger partial charge in [0, 0.05) is 38.0 Å². The van der Waals surface area contributed by atoms with E-state index in [4.69, 9.17) is 5.73 Å². The van der Waals surface area contributed by atoms with Crippen molar-refractivity contribution in [3.05, 3.63) is 0 Å². The van der Waals surface area contributed by atoms with Crippen molar-refractivity contribution in [1.29, 1.82) is 0 Å². The predicted octanol–water partition coefficient (Wildman–Crippen LogP) is 0.141. The summed E-state index contributed by atoms with van der Waals surface area (Å²) >= 11 is 0. The molecule has 1 aliphatic carbocycles. The molecule has 0 aromatic heterocycles. The molecule has 1 saturated carbocycles. The average molecular weight is 168 g/mol. The summed E-state index contributed by atoms with van der Waals surface area (Å²) in [7, 11) is 0. The molecule has 1 heterocycles. The standard InChI is InChI=1S/C9H16N2O/c10-7-3-4-11(6-7)8-1-2-9(12)5-8/h7-8H,1-6,10H2. The van der Waals surface area contributed by atoms with Crippen LogP contribution in [0.2, 0.25) is 0 Å². The Morgan fingerprint density at radius 2 is 2.25 bits per heavy atom. The fourth-order valence-corrected chi connectivity index (χ4v) is 2.25. The first-order valence-corrected chi connectivity index (χ1v) is 4.77. The number of carbonyl (C=O) groups is 1. The highest BCUT2D eigenvalue weighted by Crippen LogP contribution is 2.23. The Balaban J connectivity index is 1.89. The maximum absolute atomic E-state index is 11.0. The molecule has 0 aromatic rings. The second-order valence-electron chi connectivity index (χ2n) is 3.98. The Labute approximate surface area is 72.9 Å². The minimum atomic E-state index is 0.348. The number of carbonyl (C=O) groups excluding carboxylic acids is 1. The third-order valence-corrected chi connectivity index (χ3v) is 2.99. The third-order valence-electron chi connectivity index (χ3n) is 2.99. The average Bonchev–Trinajstić information content (AvgIpc) is 2.58. The molecule has 2 rings (SSSR count).